The minimum atomic E-state index is -0.969. The summed E-state index contributed by atoms with van der Waals surface area (Å²) in [6.07, 6.45) is 8.44. The first-order valence-corrected chi connectivity index (χ1v) is 14.7. The van der Waals surface area contributed by atoms with Crippen LogP contribution in [0.2, 0.25) is 0 Å². The highest BCUT2D eigenvalue weighted by Gasteiger charge is 2.24. The summed E-state index contributed by atoms with van der Waals surface area (Å²) in [6, 6.07) is 11.6. The average Bonchev–Trinajstić information content (AvgIpc) is 3.69. The van der Waals surface area contributed by atoms with Crippen molar-refractivity contribution in [2.45, 2.75) is 52.4 Å². The van der Waals surface area contributed by atoms with E-state index in [4.69, 9.17) is 9.84 Å². The number of fused-ring (bicyclic) bond motifs is 1. The molecule has 0 radical (unpaired) electrons. The maximum atomic E-state index is 12.9. The van der Waals surface area contributed by atoms with Crippen LogP contribution in [0.3, 0.4) is 0 Å². The van der Waals surface area contributed by atoms with Crippen molar-refractivity contribution in [1.29, 1.82) is 0 Å². The van der Waals surface area contributed by atoms with Crippen LogP contribution in [0.4, 0.5) is 4.79 Å². The largest absolute Gasteiger partial charge is 0.465 e. The Balaban J connectivity index is 1.37. The van der Waals surface area contributed by atoms with Crippen molar-refractivity contribution in [2.75, 3.05) is 13.2 Å². The lowest BCUT2D eigenvalue weighted by Crippen LogP contribution is -2.28. The molecule has 3 N–H and O–H groups in total. The number of hydrogen-bond donors (Lipinski definition) is 3. The predicted molar refractivity (Wildman–Crippen MR) is 164 cm³/mol. The zero-order chi connectivity index (χ0) is 30.6. The SMILES string of the molecule is CCN(Cc1cncc(-c2ccc3c(c2)c(-c2ncc(C(=O)NCc4ccccn4)[nH]2)nn3C2CCCCO2)c1C)C(=O)O. The Kier molecular flexibility index (Phi) is 8.33. The van der Waals surface area contributed by atoms with Crippen molar-refractivity contribution >= 4 is 22.9 Å². The standard InChI is InChI=1S/C32H34N8O4/c1-3-39(32(42)43)19-22-15-33-17-25(20(22)2)21-10-11-27-24(14-21)29(38-40(27)28-9-5-7-13-44-28)30-35-18-26(37-30)31(41)36-16-23-8-4-6-12-34-23/h4,6,8,10-12,14-15,17-18,28H,3,5,7,9,13,16,19H2,1-2H3,(H,35,37)(H,36,41)(H,42,43). The molecule has 44 heavy (non-hydrogen) atoms. The highest BCUT2D eigenvalue weighted by atomic mass is 16.5. The third-order valence-corrected chi connectivity index (χ3v) is 7.98. The molecule has 1 aromatic carbocycles. The van der Waals surface area contributed by atoms with Crippen LogP contribution in [0.15, 0.2) is 61.2 Å². The maximum absolute atomic E-state index is 12.9. The molecule has 5 aromatic rings. The van der Waals surface area contributed by atoms with E-state index in [1.807, 2.05) is 54.9 Å². The Hall–Kier alpha value is -5.10. The van der Waals surface area contributed by atoms with Gasteiger partial charge in [0.1, 0.15) is 11.4 Å². The second-order valence-corrected chi connectivity index (χ2v) is 10.8. The van der Waals surface area contributed by atoms with Crippen LogP contribution in [0.5, 0.6) is 0 Å². The molecule has 2 amide bonds. The molecular weight excluding hydrogens is 560 g/mol. The van der Waals surface area contributed by atoms with Gasteiger partial charge in [0.2, 0.25) is 0 Å². The zero-order valence-electron chi connectivity index (χ0n) is 24.7. The van der Waals surface area contributed by atoms with E-state index in [0.717, 1.165) is 58.1 Å². The number of ether oxygens (including phenoxy) is 1. The number of aromatic amines is 1. The molecule has 0 spiro atoms. The number of amides is 2. The van der Waals surface area contributed by atoms with Crippen molar-refractivity contribution in [2.24, 2.45) is 0 Å². The number of benzene rings is 1. The Morgan fingerprint density at radius 2 is 2.05 bits per heavy atom. The van der Waals surface area contributed by atoms with Gasteiger partial charge in [-0.25, -0.2) is 14.5 Å². The normalized spacial score (nSPS) is 14.9. The number of nitrogens with one attached hydrogen (secondary N) is 2. The third kappa shape index (κ3) is 5.88. The number of aromatic nitrogens is 6. The lowest BCUT2D eigenvalue weighted by Gasteiger charge is -2.23. The fraction of sp³-hybridized carbons (Fsp3) is 0.312. The zero-order valence-corrected chi connectivity index (χ0v) is 24.7. The van der Waals surface area contributed by atoms with E-state index in [2.05, 4.69) is 25.3 Å². The number of imidazole rings is 1. The van der Waals surface area contributed by atoms with Gasteiger partial charge in [-0.1, -0.05) is 12.1 Å². The van der Waals surface area contributed by atoms with Crippen molar-refractivity contribution in [3.05, 3.63) is 83.7 Å². The summed E-state index contributed by atoms with van der Waals surface area (Å²) in [7, 11) is 0. The summed E-state index contributed by atoms with van der Waals surface area (Å²) in [5, 5.41) is 18.2. The second-order valence-electron chi connectivity index (χ2n) is 10.8. The number of carbonyl (C=O) groups excluding carboxylic acids is 1. The van der Waals surface area contributed by atoms with Crippen LogP contribution in [0.1, 0.15) is 59.7 Å². The average molecular weight is 595 g/mol. The van der Waals surface area contributed by atoms with Crippen LogP contribution >= 0.6 is 0 Å². The van der Waals surface area contributed by atoms with Gasteiger partial charge in [0.25, 0.3) is 5.91 Å². The first kappa shape index (κ1) is 29.0. The van der Waals surface area contributed by atoms with Gasteiger partial charge in [0, 0.05) is 42.7 Å². The van der Waals surface area contributed by atoms with Gasteiger partial charge in [0.05, 0.1) is 30.5 Å². The van der Waals surface area contributed by atoms with E-state index in [0.29, 0.717) is 36.9 Å². The molecule has 12 heteroatoms. The van der Waals surface area contributed by atoms with E-state index >= 15 is 0 Å². The Morgan fingerprint density at radius 3 is 2.80 bits per heavy atom. The van der Waals surface area contributed by atoms with Crippen molar-refractivity contribution in [1.82, 2.24) is 39.9 Å². The lowest BCUT2D eigenvalue weighted by molar-refractivity contribution is -0.0365. The molecule has 1 fully saturated rings. The van der Waals surface area contributed by atoms with Gasteiger partial charge >= 0.3 is 6.09 Å². The van der Waals surface area contributed by atoms with Crippen LogP contribution in [0, 0.1) is 6.92 Å². The third-order valence-electron chi connectivity index (χ3n) is 7.98. The first-order chi connectivity index (χ1) is 21.4. The number of H-pyrrole nitrogens is 1. The first-order valence-electron chi connectivity index (χ1n) is 14.7. The van der Waals surface area contributed by atoms with Crippen molar-refractivity contribution < 1.29 is 19.4 Å². The number of nitrogens with zero attached hydrogens (tertiary/aromatic N) is 6. The highest BCUT2D eigenvalue weighted by molar-refractivity contribution is 5.97. The molecule has 0 saturated carbocycles. The minimum Gasteiger partial charge on any atom is -0.465 e. The predicted octanol–water partition coefficient (Wildman–Crippen LogP) is 5.32. The van der Waals surface area contributed by atoms with E-state index in [-0.39, 0.29) is 18.7 Å². The van der Waals surface area contributed by atoms with Crippen molar-refractivity contribution in [3.63, 3.8) is 0 Å². The van der Waals surface area contributed by atoms with Crippen LogP contribution in [0.25, 0.3) is 33.5 Å². The maximum Gasteiger partial charge on any atom is 0.407 e. The van der Waals surface area contributed by atoms with Crippen molar-refractivity contribution in [3.8, 4) is 22.6 Å². The van der Waals surface area contributed by atoms with E-state index in [9.17, 15) is 14.7 Å². The molecule has 1 aliphatic rings. The van der Waals surface area contributed by atoms with E-state index in [1.54, 1.807) is 18.6 Å². The molecular formula is C32H34N8O4. The van der Waals surface area contributed by atoms with Gasteiger partial charge in [-0.15, -0.1) is 0 Å². The van der Waals surface area contributed by atoms with Gasteiger partial charge in [0.15, 0.2) is 12.1 Å². The summed E-state index contributed by atoms with van der Waals surface area (Å²) in [4.78, 5) is 42.3. The number of carboxylic acid groups (broad SMARTS) is 1. The minimum absolute atomic E-state index is 0.204. The van der Waals surface area contributed by atoms with E-state index in [1.165, 1.54) is 11.1 Å². The molecule has 1 unspecified atom stereocenters. The molecule has 12 nitrogen and oxygen atoms in total. The van der Waals surface area contributed by atoms with Gasteiger partial charge < -0.3 is 25.0 Å². The van der Waals surface area contributed by atoms with E-state index < -0.39 is 6.09 Å². The highest BCUT2D eigenvalue weighted by Crippen LogP contribution is 2.35. The number of pyridine rings is 2. The number of carbonyl (C=O) groups is 2. The Labute approximate surface area is 254 Å². The molecule has 4 aromatic heterocycles. The summed E-state index contributed by atoms with van der Waals surface area (Å²) in [6.45, 7) is 5.39. The monoisotopic (exact) mass is 594 g/mol. The molecule has 6 rings (SSSR count). The van der Waals surface area contributed by atoms with Crippen LogP contribution < -0.4 is 5.32 Å². The van der Waals surface area contributed by atoms with Crippen LogP contribution in [-0.4, -0.2) is 64.9 Å². The lowest BCUT2D eigenvalue weighted by atomic mass is 9.97. The second kappa shape index (κ2) is 12.6. The molecule has 0 bridgehead atoms. The summed E-state index contributed by atoms with van der Waals surface area (Å²) in [5.41, 5.74) is 6.15. The summed E-state index contributed by atoms with van der Waals surface area (Å²) in [5.74, 6) is 0.170. The molecule has 1 saturated heterocycles. The number of rotatable bonds is 9. The van der Waals surface area contributed by atoms with Gasteiger partial charge in [-0.2, -0.15) is 5.10 Å². The molecule has 1 atom stereocenters. The fourth-order valence-corrected chi connectivity index (χ4v) is 5.48. The number of hydrogen-bond acceptors (Lipinski definition) is 7. The van der Waals surface area contributed by atoms with Gasteiger partial charge in [-0.05, 0) is 74.1 Å². The Bertz CT molecular complexity index is 1790. The summed E-state index contributed by atoms with van der Waals surface area (Å²) >= 11 is 0. The fourth-order valence-electron chi connectivity index (χ4n) is 5.48. The smallest absolute Gasteiger partial charge is 0.407 e. The van der Waals surface area contributed by atoms with Gasteiger partial charge in [-0.3, -0.25) is 14.8 Å². The molecule has 5 heterocycles. The Morgan fingerprint density at radius 1 is 1.16 bits per heavy atom. The topological polar surface area (TPSA) is 151 Å². The molecule has 1 aliphatic heterocycles. The summed E-state index contributed by atoms with van der Waals surface area (Å²) < 4.78 is 8.00. The quantitative estimate of drug-likeness (QED) is 0.207. The van der Waals surface area contributed by atoms with Crippen LogP contribution in [-0.2, 0) is 17.8 Å². The molecule has 226 valence electrons. The molecule has 0 aliphatic carbocycles.